The van der Waals surface area contributed by atoms with E-state index in [0.29, 0.717) is 17.9 Å². The Hall–Kier alpha value is -2.60. The van der Waals surface area contributed by atoms with E-state index in [1.165, 1.54) is 0 Å². The van der Waals surface area contributed by atoms with Gasteiger partial charge < -0.3 is 14.6 Å². The summed E-state index contributed by atoms with van der Waals surface area (Å²) in [6.45, 7) is 6.04. The molecule has 3 rings (SSSR count). The molecule has 1 unspecified atom stereocenters. The Labute approximate surface area is 166 Å². The summed E-state index contributed by atoms with van der Waals surface area (Å²) in [5.74, 6) is 1.22. The Morgan fingerprint density at radius 3 is 2.63 bits per heavy atom. The average Bonchev–Trinajstić information content (AvgIpc) is 2.98. The van der Waals surface area contributed by atoms with Gasteiger partial charge in [0.05, 0.1) is 17.3 Å². The highest BCUT2D eigenvalue weighted by atomic mass is 79.9. The molecule has 27 heavy (non-hydrogen) atoms. The number of amides is 1. The maximum absolute atomic E-state index is 12.6. The predicted molar refractivity (Wildman–Crippen MR) is 107 cm³/mol. The number of nitrogens with zero attached hydrogens (tertiary/aromatic N) is 1. The van der Waals surface area contributed by atoms with Gasteiger partial charge in [-0.3, -0.25) is 4.79 Å². The van der Waals surface area contributed by atoms with E-state index < -0.39 is 0 Å². The van der Waals surface area contributed by atoms with Crippen LogP contribution in [0.3, 0.4) is 0 Å². The number of aryl methyl sites for hydroxylation is 2. The highest BCUT2D eigenvalue weighted by Crippen LogP contribution is 2.20. The summed E-state index contributed by atoms with van der Waals surface area (Å²) in [6, 6.07) is 14.9. The van der Waals surface area contributed by atoms with Crippen LogP contribution in [0.25, 0.3) is 0 Å². The van der Waals surface area contributed by atoms with Gasteiger partial charge in [0.2, 0.25) is 0 Å². The third kappa shape index (κ3) is 4.77. The third-order valence-electron chi connectivity index (χ3n) is 4.38. The van der Waals surface area contributed by atoms with Crippen molar-refractivity contribution in [3.8, 4) is 5.75 Å². The number of hydrogen-bond acceptors (Lipinski definition) is 4. The second kappa shape index (κ2) is 8.39. The maximum atomic E-state index is 12.6. The molecule has 0 aliphatic heterocycles. The molecule has 0 bridgehead atoms. The molecule has 2 aromatic carbocycles. The lowest BCUT2D eigenvalue weighted by Crippen LogP contribution is -2.26. The molecule has 3 aromatic rings. The molecule has 0 fully saturated rings. The summed E-state index contributed by atoms with van der Waals surface area (Å²) in [6.07, 6.45) is 0. The quantitative estimate of drug-likeness (QED) is 0.591. The van der Waals surface area contributed by atoms with E-state index in [4.69, 9.17) is 9.26 Å². The van der Waals surface area contributed by atoms with E-state index >= 15 is 0 Å². The fourth-order valence-corrected chi connectivity index (χ4v) is 2.97. The molecular weight excluding hydrogens is 408 g/mol. The van der Waals surface area contributed by atoms with Crippen molar-refractivity contribution in [1.29, 1.82) is 0 Å². The monoisotopic (exact) mass is 428 g/mol. The van der Waals surface area contributed by atoms with Crippen LogP contribution in [0, 0.1) is 13.8 Å². The van der Waals surface area contributed by atoms with Gasteiger partial charge in [0.15, 0.2) is 0 Å². The fourth-order valence-electron chi connectivity index (χ4n) is 2.71. The number of aromatic nitrogens is 1. The summed E-state index contributed by atoms with van der Waals surface area (Å²) in [5, 5.41) is 6.93. The molecule has 0 saturated heterocycles. The van der Waals surface area contributed by atoms with Gasteiger partial charge in [-0.15, -0.1) is 0 Å². The Kier molecular flexibility index (Phi) is 5.96. The van der Waals surface area contributed by atoms with E-state index in [1.54, 1.807) is 12.1 Å². The number of nitrogens with one attached hydrogen (secondary N) is 1. The largest absolute Gasteiger partial charge is 0.489 e. The summed E-state index contributed by atoms with van der Waals surface area (Å²) < 4.78 is 12.0. The summed E-state index contributed by atoms with van der Waals surface area (Å²) in [7, 11) is 0. The molecular formula is C21H21BrN2O3. The van der Waals surface area contributed by atoms with Crippen LogP contribution in [0.15, 0.2) is 57.5 Å². The molecule has 0 aliphatic rings. The van der Waals surface area contributed by atoms with Crippen LogP contribution in [0.1, 0.15) is 45.9 Å². The normalized spacial score (nSPS) is 11.9. The molecule has 140 valence electrons. The minimum atomic E-state index is -0.145. The fraction of sp³-hybridized carbons (Fsp3) is 0.238. The predicted octanol–water partition coefficient (Wildman–Crippen LogP) is 5.12. The van der Waals surface area contributed by atoms with Gasteiger partial charge >= 0.3 is 0 Å². The van der Waals surface area contributed by atoms with Gasteiger partial charge in [-0.25, -0.2) is 0 Å². The molecule has 1 amide bonds. The minimum Gasteiger partial charge on any atom is -0.489 e. The van der Waals surface area contributed by atoms with E-state index in [2.05, 4.69) is 26.4 Å². The number of rotatable bonds is 6. The van der Waals surface area contributed by atoms with Gasteiger partial charge in [0.1, 0.15) is 18.1 Å². The second-order valence-electron chi connectivity index (χ2n) is 6.37. The van der Waals surface area contributed by atoms with Crippen LogP contribution in [0.2, 0.25) is 0 Å². The Morgan fingerprint density at radius 1 is 1.22 bits per heavy atom. The Bertz CT molecular complexity index is 915. The first-order chi connectivity index (χ1) is 12.9. The zero-order valence-corrected chi connectivity index (χ0v) is 17.0. The topological polar surface area (TPSA) is 64.4 Å². The van der Waals surface area contributed by atoms with Crippen molar-refractivity contribution >= 4 is 21.8 Å². The summed E-state index contributed by atoms with van der Waals surface area (Å²) in [5.41, 5.74) is 3.33. The highest BCUT2D eigenvalue weighted by Gasteiger charge is 2.13. The lowest BCUT2D eigenvalue weighted by atomic mass is 10.1. The molecule has 5 nitrogen and oxygen atoms in total. The highest BCUT2D eigenvalue weighted by molar-refractivity contribution is 9.10. The van der Waals surface area contributed by atoms with Crippen LogP contribution in [0.4, 0.5) is 0 Å². The van der Waals surface area contributed by atoms with Gasteiger partial charge in [-0.2, -0.15) is 0 Å². The van der Waals surface area contributed by atoms with Crippen LogP contribution >= 0.6 is 15.9 Å². The minimum absolute atomic E-state index is 0.0996. The number of benzene rings is 2. The number of halogens is 1. The zero-order valence-electron chi connectivity index (χ0n) is 15.5. The molecule has 1 aromatic heterocycles. The van der Waals surface area contributed by atoms with Crippen molar-refractivity contribution in [1.82, 2.24) is 10.5 Å². The van der Waals surface area contributed by atoms with Gasteiger partial charge in [-0.1, -0.05) is 39.3 Å². The van der Waals surface area contributed by atoms with Crippen LogP contribution < -0.4 is 10.1 Å². The van der Waals surface area contributed by atoms with Crippen molar-refractivity contribution in [2.24, 2.45) is 0 Å². The smallest absolute Gasteiger partial charge is 0.251 e. The number of ether oxygens (including phenoxy) is 1. The molecule has 0 spiro atoms. The molecule has 1 heterocycles. The second-order valence-corrected chi connectivity index (χ2v) is 7.28. The van der Waals surface area contributed by atoms with E-state index in [-0.39, 0.29) is 11.9 Å². The standard InChI is InChI=1S/C21H21BrN2O3/c1-13(16-7-9-18(22)10-8-16)23-21(25)17-5-4-6-19(11-17)26-12-20-14(2)24-27-15(20)3/h4-11,13H,12H2,1-3H3,(H,23,25). The third-order valence-corrected chi connectivity index (χ3v) is 4.91. The Balaban J connectivity index is 1.65. The van der Waals surface area contributed by atoms with Crippen molar-refractivity contribution in [2.45, 2.75) is 33.4 Å². The number of carbonyl (C=O) groups is 1. The van der Waals surface area contributed by atoms with Crippen LogP contribution in [-0.4, -0.2) is 11.1 Å². The molecule has 1 atom stereocenters. The molecule has 0 aliphatic carbocycles. The van der Waals surface area contributed by atoms with Gasteiger partial charge in [0.25, 0.3) is 5.91 Å². The molecule has 1 N–H and O–H groups in total. The maximum Gasteiger partial charge on any atom is 0.251 e. The van der Waals surface area contributed by atoms with Crippen molar-refractivity contribution in [3.05, 3.63) is 81.1 Å². The van der Waals surface area contributed by atoms with Gasteiger partial charge in [0, 0.05) is 10.0 Å². The number of hydrogen-bond donors (Lipinski definition) is 1. The van der Waals surface area contributed by atoms with Gasteiger partial charge in [-0.05, 0) is 56.7 Å². The first kappa shape index (κ1) is 19.2. The van der Waals surface area contributed by atoms with E-state index in [0.717, 1.165) is 27.1 Å². The summed E-state index contributed by atoms with van der Waals surface area (Å²) >= 11 is 3.42. The first-order valence-electron chi connectivity index (χ1n) is 8.65. The molecule has 0 saturated carbocycles. The SMILES string of the molecule is Cc1noc(C)c1COc1cccc(C(=O)NC(C)c2ccc(Br)cc2)c1. The molecule has 0 radical (unpaired) electrons. The van der Waals surface area contributed by atoms with E-state index in [9.17, 15) is 4.79 Å². The lowest BCUT2D eigenvalue weighted by Gasteiger charge is -2.15. The van der Waals surface area contributed by atoms with Crippen LogP contribution in [0.5, 0.6) is 5.75 Å². The molecule has 6 heteroatoms. The zero-order chi connectivity index (χ0) is 19.4. The summed E-state index contributed by atoms with van der Waals surface area (Å²) in [4.78, 5) is 12.6. The Morgan fingerprint density at radius 2 is 1.96 bits per heavy atom. The van der Waals surface area contributed by atoms with Crippen molar-refractivity contribution in [2.75, 3.05) is 0 Å². The average molecular weight is 429 g/mol. The van der Waals surface area contributed by atoms with Crippen LogP contribution in [-0.2, 0) is 6.61 Å². The first-order valence-corrected chi connectivity index (χ1v) is 9.44. The lowest BCUT2D eigenvalue weighted by molar-refractivity contribution is 0.0939. The number of carbonyl (C=O) groups excluding carboxylic acids is 1. The van der Waals surface area contributed by atoms with Crippen molar-refractivity contribution < 1.29 is 14.1 Å². The van der Waals surface area contributed by atoms with Crippen molar-refractivity contribution in [3.63, 3.8) is 0 Å². The van der Waals surface area contributed by atoms with E-state index in [1.807, 2.05) is 57.2 Å².